The van der Waals surface area contributed by atoms with E-state index in [-0.39, 0.29) is 0 Å². The van der Waals surface area contributed by atoms with Gasteiger partial charge in [0.15, 0.2) is 11.5 Å². The van der Waals surface area contributed by atoms with E-state index in [1.807, 2.05) is 12.1 Å². The van der Waals surface area contributed by atoms with E-state index in [1.165, 1.54) is 0 Å². The molecule has 1 aliphatic rings. The standard InChI is InChI=1S/C12H2Br6O/c13-6-3(1-2-4-12(6)19-4)5-7(14)9(16)11(18)10(17)8(5)15/h1-2H. The lowest BCUT2D eigenvalue weighted by atomic mass is 10.1. The second kappa shape index (κ2) is 5.39. The molecule has 0 radical (unpaired) electrons. The van der Waals surface area contributed by atoms with Gasteiger partial charge in [-0.25, -0.2) is 0 Å². The lowest BCUT2D eigenvalue weighted by molar-refractivity contribution is 0.647. The Morgan fingerprint density at radius 3 is 1.74 bits per heavy atom. The molecule has 1 aliphatic heterocycles. The summed E-state index contributed by atoms with van der Waals surface area (Å²) >= 11 is 21.6. The predicted octanol–water partition coefficient (Wildman–Crippen LogP) is 8.03. The van der Waals surface area contributed by atoms with Crippen molar-refractivity contribution >= 4 is 95.6 Å². The fourth-order valence-electron chi connectivity index (χ4n) is 1.74. The Kier molecular flexibility index (Phi) is 4.27. The molecule has 0 unspecified atom stereocenters. The molecule has 98 valence electrons. The average molecular weight is 642 g/mol. The van der Waals surface area contributed by atoms with Crippen LogP contribution in [0.4, 0.5) is 0 Å². The van der Waals surface area contributed by atoms with Crippen LogP contribution >= 0.6 is 95.6 Å². The van der Waals surface area contributed by atoms with Crippen molar-refractivity contribution in [1.29, 1.82) is 0 Å². The quantitative estimate of drug-likeness (QED) is 0.149. The molecule has 2 aromatic rings. The van der Waals surface area contributed by atoms with Gasteiger partial charge in [-0.1, -0.05) is 0 Å². The third-order valence-corrected chi connectivity index (χ3v) is 9.59. The molecule has 0 bridgehead atoms. The van der Waals surface area contributed by atoms with Gasteiger partial charge in [0.25, 0.3) is 0 Å². The average Bonchev–Trinajstić information content (AvgIpc) is 3.17. The van der Waals surface area contributed by atoms with E-state index in [9.17, 15) is 0 Å². The molecule has 0 aromatic heterocycles. The van der Waals surface area contributed by atoms with Gasteiger partial charge >= 0.3 is 0 Å². The molecule has 0 N–H and O–H groups in total. The van der Waals surface area contributed by atoms with E-state index in [1.54, 1.807) is 0 Å². The van der Waals surface area contributed by atoms with Gasteiger partial charge in [0.2, 0.25) is 0 Å². The predicted molar refractivity (Wildman–Crippen MR) is 98.2 cm³/mol. The molecule has 19 heavy (non-hydrogen) atoms. The first kappa shape index (κ1) is 15.0. The van der Waals surface area contributed by atoms with E-state index < -0.39 is 0 Å². The number of benzene rings is 2. The van der Waals surface area contributed by atoms with Crippen LogP contribution in [-0.4, -0.2) is 0 Å². The lowest BCUT2D eigenvalue weighted by Gasteiger charge is -2.14. The van der Waals surface area contributed by atoms with E-state index in [0.29, 0.717) is 0 Å². The van der Waals surface area contributed by atoms with Crippen molar-refractivity contribution in [3.05, 3.63) is 39.0 Å². The van der Waals surface area contributed by atoms with Crippen LogP contribution in [0, 0.1) is 0 Å². The zero-order valence-corrected chi connectivity index (χ0v) is 18.3. The maximum atomic E-state index is 5.38. The molecule has 0 saturated heterocycles. The Labute approximate surface area is 160 Å². The summed E-state index contributed by atoms with van der Waals surface area (Å²) in [6, 6.07) is 4.01. The zero-order valence-electron chi connectivity index (χ0n) is 8.83. The van der Waals surface area contributed by atoms with Gasteiger partial charge in [-0.05, 0) is 108 Å². The maximum absolute atomic E-state index is 5.38. The Balaban J connectivity index is 2.35. The summed E-state index contributed by atoms with van der Waals surface area (Å²) in [4.78, 5) is 0. The molecule has 7 heteroatoms. The SMILES string of the molecule is Brc1c(Br)c(Br)c(-c2ccc3c(c2Br)O3)c(Br)c1Br. The molecule has 3 rings (SSSR count). The summed E-state index contributed by atoms with van der Waals surface area (Å²) in [5, 5.41) is 0. The van der Waals surface area contributed by atoms with E-state index in [2.05, 4.69) is 95.6 Å². The number of halogens is 6. The summed E-state index contributed by atoms with van der Waals surface area (Å²) in [6.07, 6.45) is 0. The first-order chi connectivity index (χ1) is 8.93. The highest BCUT2D eigenvalue weighted by Gasteiger charge is 2.28. The second-order valence-electron chi connectivity index (χ2n) is 3.80. The Bertz CT molecular complexity index is 696. The Hall–Kier alpha value is 1.12. The molecule has 2 aromatic carbocycles. The lowest BCUT2D eigenvalue weighted by Crippen LogP contribution is -1.88. The molecule has 0 saturated carbocycles. The monoisotopic (exact) mass is 636 g/mol. The van der Waals surface area contributed by atoms with Gasteiger partial charge < -0.3 is 4.74 Å². The van der Waals surface area contributed by atoms with Gasteiger partial charge in [-0.2, -0.15) is 0 Å². The van der Waals surface area contributed by atoms with Gasteiger partial charge in [-0.15, -0.1) is 0 Å². The van der Waals surface area contributed by atoms with Crippen molar-refractivity contribution in [2.45, 2.75) is 0 Å². The number of fused-ring (bicyclic) bond motifs is 1. The molecular weight excluding hydrogens is 640 g/mol. The zero-order chi connectivity index (χ0) is 13.9. The van der Waals surface area contributed by atoms with Crippen molar-refractivity contribution in [2.24, 2.45) is 0 Å². The number of rotatable bonds is 1. The molecular formula is C12H2Br6O. The van der Waals surface area contributed by atoms with Crippen molar-refractivity contribution in [1.82, 2.24) is 0 Å². The molecule has 1 heterocycles. The summed E-state index contributed by atoms with van der Waals surface area (Å²) in [5.74, 6) is 1.84. The van der Waals surface area contributed by atoms with Crippen molar-refractivity contribution in [2.75, 3.05) is 0 Å². The minimum atomic E-state index is 0.909. The maximum Gasteiger partial charge on any atom is 0.184 e. The largest absolute Gasteiger partial charge is 0.448 e. The van der Waals surface area contributed by atoms with Crippen molar-refractivity contribution in [3.63, 3.8) is 0 Å². The van der Waals surface area contributed by atoms with E-state index in [0.717, 1.165) is 49.5 Å². The summed E-state index contributed by atoms with van der Waals surface area (Å²) in [6.45, 7) is 0. The highest BCUT2D eigenvalue weighted by molar-refractivity contribution is 9.15. The van der Waals surface area contributed by atoms with Gasteiger partial charge in [-0.3, -0.25) is 0 Å². The van der Waals surface area contributed by atoms with Crippen LogP contribution in [0.25, 0.3) is 11.1 Å². The fraction of sp³-hybridized carbons (Fsp3) is 0. The van der Waals surface area contributed by atoms with Crippen LogP contribution in [0.2, 0.25) is 0 Å². The van der Waals surface area contributed by atoms with Crippen molar-refractivity contribution < 1.29 is 4.74 Å². The normalized spacial score (nSPS) is 12.1. The molecule has 0 fully saturated rings. The summed E-state index contributed by atoms with van der Waals surface area (Å²) in [5.41, 5.74) is 2.11. The van der Waals surface area contributed by atoms with E-state index in [4.69, 9.17) is 4.74 Å². The van der Waals surface area contributed by atoms with Crippen LogP contribution in [0.1, 0.15) is 0 Å². The van der Waals surface area contributed by atoms with Crippen LogP contribution < -0.4 is 4.74 Å². The Morgan fingerprint density at radius 1 is 0.632 bits per heavy atom. The molecule has 0 amide bonds. The van der Waals surface area contributed by atoms with Gasteiger partial charge in [0, 0.05) is 33.5 Å². The molecule has 0 atom stereocenters. The third kappa shape index (κ3) is 2.42. The summed E-state index contributed by atoms with van der Waals surface area (Å²) in [7, 11) is 0. The minimum Gasteiger partial charge on any atom is -0.448 e. The first-order valence-corrected chi connectivity index (χ1v) is 9.71. The van der Waals surface area contributed by atoms with Crippen LogP contribution in [0.15, 0.2) is 39.0 Å². The number of hydrogen-bond acceptors (Lipinski definition) is 1. The van der Waals surface area contributed by atoms with Gasteiger partial charge in [0.1, 0.15) is 0 Å². The van der Waals surface area contributed by atoms with Crippen molar-refractivity contribution in [3.8, 4) is 22.6 Å². The highest BCUT2D eigenvalue weighted by Crippen LogP contribution is 2.57. The Morgan fingerprint density at radius 2 is 1.16 bits per heavy atom. The fourth-order valence-corrected chi connectivity index (χ4v) is 5.82. The van der Waals surface area contributed by atoms with Crippen LogP contribution in [0.3, 0.4) is 0 Å². The smallest absolute Gasteiger partial charge is 0.184 e. The van der Waals surface area contributed by atoms with Gasteiger partial charge in [0.05, 0.1) is 4.47 Å². The summed E-state index contributed by atoms with van der Waals surface area (Å²) < 4.78 is 11.1. The second-order valence-corrected chi connectivity index (χ2v) is 8.56. The molecule has 0 spiro atoms. The third-order valence-electron chi connectivity index (χ3n) is 2.71. The molecule has 1 nitrogen and oxygen atoms in total. The van der Waals surface area contributed by atoms with Crippen LogP contribution in [-0.2, 0) is 0 Å². The minimum absolute atomic E-state index is 0.909. The highest BCUT2D eigenvalue weighted by atomic mass is 79.9. The molecule has 0 aliphatic carbocycles. The number of ether oxygens (including phenoxy) is 1. The van der Waals surface area contributed by atoms with Crippen LogP contribution in [0.5, 0.6) is 11.5 Å². The first-order valence-electron chi connectivity index (χ1n) is 4.95. The topological polar surface area (TPSA) is 12.5 Å². The van der Waals surface area contributed by atoms with E-state index >= 15 is 0 Å². The number of hydrogen-bond donors (Lipinski definition) is 0.